The highest BCUT2D eigenvalue weighted by atomic mass is 35.5. The van der Waals surface area contributed by atoms with E-state index in [1.807, 2.05) is 4.90 Å². The zero-order valence-corrected chi connectivity index (χ0v) is 48.0. The molecule has 0 bridgehead atoms. The van der Waals surface area contributed by atoms with Gasteiger partial charge in [0.05, 0.1) is 36.0 Å². The standard InChI is InChI=1S/C31H37N3O3.C24H26N2O.C7H12ClNO2.2CO2/c1-21-9-11-24-26(17-21)34-20-29(36)33(19-28(35)32-13-6-15-37-16-14-32)27-18-22(2)10-12-25(27)31(34)30(24)23-7-4-3-5-8-23;1-15-8-10-18-20(12-15)25-22(27)14-26-21-13-16(2)9-11-19(21)23(24(18)26)17-6-4-3-5-7-17;8-6-7(10)9-2-1-4-11-5-3-9;2*2-1-3/h9-12,17-18,23H,3-8,13-16,19-20H2,1-2H3;8-13,17H,3-7,14H2,1-2H3,(H,25,27);1-6H2;;. The summed E-state index contributed by atoms with van der Waals surface area (Å²) < 4.78 is 15.2. The zero-order chi connectivity index (χ0) is 57.6. The molecule has 2 aliphatic carbocycles. The third-order valence-corrected chi connectivity index (χ3v) is 16.6. The summed E-state index contributed by atoms with van der Waals surface area (Å²) >= 11 is 5.41. The highest BCUT2D eigenvalue weighted by Crippen LogP contribution is 2.49. The molecule has 0 spiro atoms. The number of halogens is 1. The number of amides is 4. The lowest BCUT2D eigenvalue weighted by Gasteiger charge is -2.27. The number of nitrogens with one attached hydrogen (secondary N) is 1. The molecule has 0 radical (unpaired) electrons. The normalized spacial score (nSPS) is 17.3. The lowest BCUT2D eigenvalue weighted by Crippen LogP contribution is -2.44. The molecule has 428 valence electrons. The van der Waals surface area contributed by atoms with Gasteiger partial charge in [-0.25, -0.2) is 0 Å². The number of anilines is 2. The van der Waals surface area contributed by atoms with Crippen LogP contribution in [0, 0.1) is 27.7 Å². The molecule has 17 heteroatoms. The van der Waals surface area contributed by atoms with Gasteiger partial charge in [0.2, 0.25) is 23.6 Å². The van der Waals surface area contributed by atoms with Gasteiger partial charge in [-0.15, -0.1) is 11.6 Å². The van der Waals surface area contributed by atoms with Crippen LogP contribution in [0.2, 0.25) is 0 Å². The molecule has 4 aromatic carbocycles. The minimum Gasteiger partial charge on any atom is -0.380 e. The first-order chi connectivity index (χ1) is 39.3. The van der Waals surface area contributed by atoms with Gasteiger partial charge in [-0.3, -0.25) is 19.2 Å². The largest absolute Gasteiger partial charge is 0.380 e. The van der Waals surface area contributed by atoms with Crippen molar-refractivity contribution in [1.82, 2.24) is 18.9 Å². The Morgan fingerprint density at radius 1 is 0.556 bits per heavy atom. The Balaban J connectivity index is 0.000000170. The van der Waals surface area contributed by atoms with Crippen LogP contribution in [0.3, 0.4) is 0 Å². The molecule has 2 aromatic heterocycles. The van der Waals surface area contributed by atoms with Crippen LogP contribution in [0.4, 0.5) is 11.4 Å². The number of fused-ring (bicyclic) bond motifs is 10. The smallest absolute Gasteiger partial charge is 0.373 e. The monoisotopic (exact) mass is 1120 g/mol. The summed E-state index contributed by atoms with van der Waals surface area (Å²) in [5.41, 5.74) is 16.4. The number of rotatable bonds is 5. The molecule has 12 rings (SSSR count). The van der Waals surface area contributed by atoms with Crippen molar-refractivity contribution in [3.05, 3.63) is 106 Å². The number of aromatic nitrogens is 2. The first kappa shape index (κ1) is 59.9. The maximum atomic E-state index is 14.0. The fourth-order valence-corrected chi connectivity index (χ4v) is 12.9. The summed E-state index contributed by atoms with van der Waals surface area (Å²) in [6.45, 7) is 14.4. The molecule has 2 saturated carbocycles. The Hall–Kier alpha value is -7.19. The molecule has 16 nitrogen and oxygen atoms in total. The second-order valence-corrected chi connectivity index (χ2v) is 22.3. The van der Waals surface area contributed by atoms with Crippen LogP contribution in [0.25, 0.3) is 44.3 Å². The van der Waals surface area contributed by atoms with E-state index in [9.17, 15) is 19.2 Å². The van der Waals surface area contributed by atoms with Gasteiger partial charge < -0.3 is 38.6 Å². The van der Waals surface area contributed by atoms with Gasteiger partial charge in [-0.2, -0.15) is 19.2 Å². The van der Waals surface area contributed by atoms with Crippen molar-refractivity contribution in [2.45, 2.75) is 130 Å². The predicted octanol–water partition coefficient (Wildman–Crippen LogP) is 10.8. The molecule has 1 N–H and O–H groups in total. The number of benzene rings is 4. The molecule has 4 fully saturated rings. The number of carbonyl (C=O) groups excluding carboxylic acids is 8. The van der Waals surface area contributed by atoms with Gasteiger partial charge in [-0.1, -0.05) is 87.1 Å². The van der Waals surface area contributed by atoms with Crippen LogP contribution in [0.15, 0.2) is 72.8 Å². The van der Waals surface area contributed by atoms with Crippen molar-refractivity contribution in [2.75, 3.05) is 75.2 Å². The Morgan fingerprint density at radius 3 is 1.54 bits per heavy atom. The van der Waals surface area contributed by atoms with E-state index in [0.29, 0.717) is 57.8 Å². The number of carbonyl (C=O) groups is 4. The van der Waals surface area contributed by atoms with E-state index >= 15 is 0 Å². The summed E-state index contributed by atoms with van der Waals surface area (Å²) in [6.07, 6.45) is 14.9. The maximum absolute atomic E-state index is 14.0. The predicted molar refractivity (Wildman–Crippen MR) is 311 cm³/mol. The first-order valence-electron chi connectivity index (χ1n) is 28.6. The number of hydrogen-bond acceptors (Lipinski definition) is 10. The zero-order valence-electron chi connectivity index (χ0n) is 47.2. The Morgan fingerprint density at radius 2 is 1.01 bits per heavy atom. The number of ether oxygens (including phenoxy) is 2. The SMILES string of the molecule is Cc1ccc2c(c1)N(CC(=O)N1CCCOCC1)C(=O)Cn1c-2c(C2CCCCC2)c2ccc(C)cc21.Cc1ccc2c(c1)NC(=O)Cn1c-2c(C2CCCCC2)c2ccc(C)cc21.O=C(CCl)N1CCCOCC1.O=C=O.O=C=O. The number of nitrogens with zero attached hydrogens (tertiary/aromatic N) is 5. The van der Waals surface area contributed by atoms with Crippen molar-refractivity contribution in [3.63, 3.8) is 0 Å². The van der Waals surface area contributed by atoms with Crippen molar-refractivity contribution >= 4 is 80.7 Å². The van der Waals surface area contributed by atoms with E-state index in [1.54, 1.807) is 9.80 Å². The minimum absolute atomic E-state index is 0.00825. The summed E-state index contributed by atoms with van der Waals surface area (Å²) in [5.74, 6) is 1.20. The third kappa shape index (κ3) is 14.1. The van der Waals surface area contributed by atoms with Gasteiger partial charge >= 0.3 is 12.3 Å². The van der Waals surface area contributed by atoms with Crippen LogP contribution < -0.4 is 10.2 Å². The summed E-state index contributed by atoms with van der Waals surface area (Å²) in [4.78, 5) is 89.0. The van der Waals surface area contributed by atoms with E-state index < -0.39 is 0 Å². The molecule has 0 atom stereocenters. The quantitative estimate of drug-likeness (QED) is 0.163. The molecule has 6 aromatic rings. The average molecular weight is 1120 g/mol. The van der Waals surface area contributed by atoms with E-state index in [2.05, 4.69) is 115 Å². The minimum atomic E-state index is -0.0291. The van der Waals surface area contributed by atoms with Crippen LogP contribution in [0.5, 0.6) is 0 Å². The van der Waals surface area contributed by atoms with Crippen molar-refractivity contribution in [1.29, 1.82) is 0 Å². The van der Waals surface area contributed by atoms with Crippen LogP contribution >= 0.6 is 11.6 Å². The summed E-state index contributed by atoms with van der Waals surface area (Å²) in [7, 11) is 0. The molecule has 6 heterocycles. The van der Waals surface area contributed by atoms with Crippen molar-refractivity contribution < 1.29 is 47.8 Å². The summed E-state index contributed by atoms with van der Waals surface area (Å²) in [6, 6.07) is 26.3. The topological polar surface area (TPSA) is 187 Å². The highest BCUT2D eigenvalue weighted by molar-refractivity contribution is 6.27. The van der Waals surface area contributed by atoms with Gasteiger partial charge in [0.15, 0.2) is 0 Å². The third-order valence-electron chi connectivity index (χ3n) is 16.4. The van der Waals surface area contributed by atoms with Gasteiger partial charge in [0, 0.05) is 72.3 Å². The second kappa shape index (κ2) is 28.5. The molecule has 0 unspecified atom stereocenters. The molecule has 4 aliphatic heterocycles. The fraction of sp³-hybridized carbons (Fsp3) is 0.469. The average Bonchev–Trinajstić information content (AvgIpc) is 2.57. The molecule has 2 saturated heterocycles. The summed E-state index contributed by atoms with van der Waals surface area (Å²) in [5, 5.41) is 5.76. The molecular formula is C64H75ClN6O10. The molecular weight excluding hydrogens is 1050 g/mol. The van der Waals surface area contributed by atoms with Gasteiger partial charge in [0.25, 0.3) is 0 Å². The number of alkyl halides is 1. The fourth-order valence-electron chi connectivity index (χ4n) is 12.7. The Kier molecular flexibility index (Phi) is 21.1. The lowest BCUT2D eigenvalue weighted by atomic mass is 9.81. The second-order valence-electron chi connectivity index (χ2n) is 22.0. The van der Waals surface area contributed by atoms with Crippen LogP contribution in [0.1, 0.15) is 122 Å². The van der Waals surface area contributed by atoms with Gasteiger partial charge in [0.1, 0.15) is 25.5 Å². The van der Waals surface area contributed by atoms with E-state index in [-0.39, 0.29) is 54.9 Å². The molecule has 81 heavy (non-hydrogen) atoms. The van der Waals surface area contributed by atoms with Gasteiger partial charge in [-0.05, 0) is 136 Å². The highest BCUT2D eigenvalue weighted by Gasteiger charge is 2.35. The number of hydrogen-bond donors (Lipinski definition) is 1. The van der Waals surface area contributed by atoms with E-state index in [0.717, 1.165) is 54.0 Å². The lowest BCUT2D eigenvalue weighted by molar-refractivity contribution is -0.193. The molecule has 6 aliphatic rings. The maximum Gasteiger partial charge on any atom is 0.373 e. The van der Waals surface area contributed by atoms with Crippen molar-refractivity contribution in [3.8, 4) is 22.5 Å². The Labute approximate surface area is 479 Å². The first-order valence-corrected chi connectivity index (χ1v) is 29.2. The van der Waals surface area contributed by atoms with Crippen LogP contribution in [-0.2, 0) is 60.9 Å². The van der Waals surface area contributed by atoms with E-state index in [1.165, 1.54) is 125 Å². The molecule has 4 amide bonds. The van der Waals surface area contributed by atoms with E-state index in [4.69, 9.17) is 40.3 Å². The van der Waals surface area contributed by atoms with Crippen molar-refractivity contribution in [2.24, 2.45) is 0 Å². The van der Waals surface area contributed by atoms with Crippen LogP contribution in [-0.4, -0.2) is 120 Å². The number of aryl methyl sites for hydroxylation is 4. The Bertz CT molecular complexity index is 3270.